The Labute approximate surface area is 148 Å². The third-order valence-electron chi connectivity index (χ3n) is 3.89. The van der Waals surface area contributed by atoms with Gasteiger partial charge in [-0.2, -0.15) is 4.98 Å². The smallest absolute Gasteiger partial charge is 0.258 e. The predicted molar refractivity (Wildman–Crippen MR) is 94.5 cm³/mol. The lowest BCUT2D eigenvalue weighted by atomic mass is 9.96. The standard InChI is InChI=1S/C17H22N4O2.ClH/c1-17(2,3)16-19-14(23-20-16)12-6-4-5-7-13(12)15(22)21-10-8-18-9-11-21;/h4-7,18H,8-11H2,1-3H3;1H. The topological polar surface area (TPSA) is 71.3 Å². The van der Waals surface area contributed by atoms with E-state index in [1.807, 2.05) is 49.9 Å². The Morgan fingerprint density at radius 2 is 1.88 bits per heavy atom. The minimum Gasteiger partial charge on any atom is -0.336 e. The third-order valence-corrected chi connectivity index (χ3v) is 3.89. The number of carbonyl (C=O) groups excluding carboxylic acids is 1. The molecule has 0 aliphatic carbocycles. The van der Waals surface area contributed by atoms with Crippen LogP contribution in [0.15, 0.2) is 28.8 Å². The van der Waals surface area contributed by atoms with Gasteiger partial charge in [0.15, 0.2) is 5.82 Å². The lowest BCUT2D eigenvalue weighted by Crippen LogP contribution is -2.46. The molecular formula is C17H23ClN4O2. The molecule has 24 heavy (non-hydrogen) atoms. The van der Waals surface area contributed by atoms with Gasteiger partial charge in [-0.05, 0) is 12.1 Å². The average molecular weight is 351 g/mol. The van der Waals surface area contributed by atoms with Crippen LogP contribution in [0.1, 0.15) is 37.0 Å². The molecule has 3 rings (SSSR count). The van der Waals surface area contributed by atoms with Crippen molar-refractivity contribution in [3.05, 3.63) is 35.7 Å². The molecule has 1 saturated heterocycles. The van der Waals surface area contributed by atoms with Gasteiger partial charge in [0, 0.05) is 31.6 Å². The summed E-state index contributed by atoms with van der Waals surface area (Å²) in [5.41, 5.74) is 1.11. The van der Waals surface area contributed by atoms with E-state index in [4.69, 9.17) is 4.52 Å². The van der Waals surface area contributed by atoms with Gasteiger partial charge in [-0.3, -0.25) is 4.79 Å². The maximum Gasteiger partial charge on any atom is 0.258 e. The molecule has 1 fully saturated rings. The van der Waals surface area contributed by atoms with E-state index in [2.05, 4.69) is 15.5 Å². The Bertz CT molecular complexity index is 703. The molecule has 1 aromatic carbocycles. The highest BCUT2D eigenvalue weighted by molar-refractivity contribution is 6.00. The molecule has 6 nitrogen and oxygen atoms in total. The monoisotopic (exact) mass is 350 g/mol. The van der Waals surface area contributed by atoms with Crippen LogP contribution in [0.4, 0.5) is 0 Å². The van der Waals surface area contributed by atoms with E-state index < -0.39 is 0 Å². The van der Waals surface area contributed by atoms with E-state index >= 15 is 0 Å². The zero-order valence-electron chi connectivity index (χ0n) is 14.2. The molecule has 130 valence electrons. The number of amides is 1. The number of benzene rings is 1. The predicted octanol–water partition coefficient (Wildman–Crippen LogP) is 2.50. The van der Waals surface area contributed by atoms with E-state index in [0.29, 0.717) is 35.9 Å². The largest absolute Gasteiger partial charge is 0.336 e. The first-order valence-electron chi connectivity index (χ1n) is 7.90. The van der Waals surface area contributed by atoms with Gasteiger partial charge in [-0.25, -0.2) is 0 Å². The lowest BCUT2D eigenvalue weighted by Gasteiger charge is -2.27. The Morgan fingerprint density at radius 1 is 1.21 bits per heavy atom. The maximum absolute atomic E-state index is 12.8. The van der Waals surface area contributed by atoms with E-state index in [1.165, 1.54) is 0 Å². The number of hydrogen-bond donors (Lipinski definition) is 1. The normalized spacial score (nSPS) is 15.0. The fraction of sp³-hybridized carbons (Fsp3) is 0.471. The summed E-state index contributed by atoms with van der Waals surface area (Å²) in [5.74, 6) is 1.04. The van der Waals surface area contributed by atoms with Crippen molar-refractivity contribution in [2.24, 2.45) is 0 Å². The summed E-state index contributed by atoms with van der Waals surface area (Å²) < 4.78 is 5.41. The second kappa shape index (κ2) is 7.32. The van der Waals surface area contributed by atoms with Crippen molar-refractivity contribution in [1.29, 1.82) is 0 Å². The van der Waals surface area contributed by atoms with Gasteiger partial charge in [-0.15, -0.1) is 12.4 Å². The maximum atomic E-state index is 12.8. The van der Waals surface area contributed by atoms with Gasteiger partial charge in [0.2, 0.25) is 0 Å². The summed E-state index contributed by atoms with van der Waals surface area (Å²) in [6.07, 6.45) is 0. The molecule has 0 unspecified atom stereocenters. The molecule has 1 aliphatic rings. The number of piperazine rings is 1. The fourth-order valence-corrected chi connectivity index (χ4v) is 2.53. The summed E-state index contributed by atoms with van der Waals surface area (Å²) in [4.78, 5) is 19.1. The first kappa shape index (κ1) is 18.4. The third kappa shape index (κ3) is 3.76. The summed E-state index contributed by atoms with van der Waals surface area (Å²) in [6.45, 7) is 9.15. The molecule has 1 amide bonds. The first-order chi connectivity index (χ1) is 11.0. The molecule has 0 radical (unpaired) electrons. The number of hydrogen-bond acceptors (Lipinski definition) is 5. The molecule has 0 saturated carbocycles. The molecule has 0 atom stereocenters. The minimum atomic E-state index is -0.195. The number of rotatable bonds is 2. The quantitative estimate of drug-likeness (QED) is 0.901. The molecule has 2 aromatic rings. The lowest BCUT2D eigenvalue weighted by molar-refractivity contribution is 0.0736. The number of nitrogens with one attached hydrogen (secondary N) is 1. The summed E-state index contributed by atoms with van der Waals surface area (Å²) in [6, 6.07) is 7.42. The summed E-state index contributed by atoms with van der Waals surface area (Å²) in [5, 5.41) is 7.31. The zero-order chi connectivity index (χ0) is 16.4. The van der Waals surface area contributed by atoms with Crippen LogP contribution in [-0.2, 0) is 5.41 Å². The molecule has 1 aromatic heterocycles. The Kier molecular flexibility index (Phi) is 5.62. The van der Waals surface area contributed by atoms with Crippen molar-refractivity contribution in [1.82, 2.24) is 20.4 Å². The van der Waals surface area contributed by atoms with Gasteiger partial charge in [0.1, 0.15) is 0 Å². The molecule has 1 N–H and O–H groups in total. The first-order valence-corrected chi connectivity index (χ1v) is 7.90. The minimum absolute atomic E-state index is 0. The van der Waals surface area contributed by atoms with E-state index in [0.717, 1.165) is 13.1 Å². The highest BCUT2D eigenvalue weighted by Crippen LogP contribution is 2.26. The number of halogens is 1. The summed E-state index contributed by atoms with van der Waals surface area (Å²) >= 11 is 0. The molecule has 1 aliphatic heterocycles. The number of nitrogens with zero attached hydrogens (tertiary/aromatic N) is 3. The Balaban J connectivity index is 0.00000208. The highest BCUT2D eigenvalue weighted by Gasteiger charge is 2.25. The summed E-state index contributed by atoms with van der Waals surface area (Å²) in [7, 11) is 0. The number of aromatic nitrogens is 2. The van der Waals surface area contributed by atoms with Gasteiger partial charge < -0.3 is 14.7 Å². The van der Waals surface area contributed by atoms with Gasteiger partial charge in [0.05, 0.1) is 11.1 Å². The zero-order valence-corrected chi connectivity index (χ0v) is 15.0. The molecule has 7 heteroatoms. The molecule has 0 spiro atoms. The van der Waals surface area contributed by atoms with Crippen molar-refractivity contribution < 1.29 is 9.32 Å². The SMILES string of the molecule is CC(C)(C)c1noc(-c2ccccc2C(=O)N2CCNCC2)n1.Cl. The van der Waals surface area contributed by atoms with Gasteiger partial charge in [-0.1, -0.05) is 38.1 Å². The van der Waals surface area contributed by atoms with Crippen molar-refractivity contribution in [2.75, 3.05) is 26.2 Å². The van der Waals surface area contributed by atoms with E-state index in [9.17, 15) is 4.79 Å². The Hall–Kier alpha value is -1.92. The second-order valence-electron chi connectivity index (χ2n) is 6.76. The van der Waals surface area contributed by atoms with Crippen molar-refractivity contribution in [3.63, 3.8) is 0 Å². The van der Waals surface area contributed by atoms with E-state index in [-0.39, 0.29) is 23.7 Å². The van der Waals surface area contributed by atoms with Gasteiger partial charge >= 0.3 is 0 Å². The van der Waals surface area contributed by atoms with Crippen LogP contribution in [0.5, 0.6) is 0 Å². The van der Waals surface area contributed by atoms with Crippen molar-refractivity contribution in [3.8, 4) is 11.5 Å². The van der Waals surface area contributed by atoms with Gasteiger partial charge in [0.25, 0.3) is 11.8 Å². The van der Waals surface area contributed by atoms with Crippen LogP contribution >= 0.6 is 12.4 Å². The molecule has 0 bridgehead atoms. The highest BCUT2D eigenvalue weighted by atomic mass is 35.5. The van der Waals surface area contributed by atoms with Crippen LogP contribution in [0.3, 0.4) is 0 Å². The van der Waals surface area contributed by atoms with Crippen molar-refractivity contribution in [2.45, 2.75) is 26.2 Å². The van der Waals surface area contributed by atoms with Crippen molar-refractivity contribution >= 4 is 18.3 Å². The number of carbonyl (C=O) groups is 1. The molecule has 2 heterocycles. The van der Waals surface area contributed by atoms with E-state index in [1.54, 1.807) is 0 Å². The van der Waals surface area contributed by atoms with Crippen LogP contribution in [-0.4, -0.2) is 47.1 Å². The van der Waals surface area contributed by atoms with Crippen LogP contribution in [0.2, 0.25) is 0 Å². The van der Waals surface area contributed by atoms with Crippen LogP contribution < -0.4 is 5.32 Å². The average Bonchev–Trinajstić information content (AvgIpc) is 3.05. The Morgan fingerprint density at radius 3 is 2.50 bits per heavy atom. The van der Waals surface area contributed by atoms with Crippen LogP contribution in [0, 0.1) is 0 Å². The fourth-order valence-electron chi connectivity index (χ4n) is 2.53. The second-order valence-corrected chi connectivity index (χ2v) is 6.76. The van der Waals surface area contributed by atoms with Crippen LogP contribution in [0.25, 0.3) is 11.5 Å². The molecular weight excluding hydrogens is 328 g/mol.